The van der Waals surface area contributed by atoms with Crippen molar-refractivity contribution in [2.45, 2.75) is 0 Å². The molecule has 2 heterocycles. The molecule has 0 saturated heterocycles. The van der Waals surface area contributed by atoms with Crippen LogP contribution in [0.3, 0.4) is 0 Å². The summed E-state index contributed by atoms with van der Waals surface area (Å²) < 4.78 is 2.66. The van der Waals surface area contributed by atoms with E-state index in [2.05, 4.69) is 115 Å². The van der Waals surface area contributed by atoms with E-state index in [0.717, 1.165) is 39.1 Å². The molecule has 0 aliphatic carbocycles. The SMILES string of the molecule is c1ccc(-c2nc(-c3cccc(-c4ccc5cc6c(cc5c4)sc4ccccc46)c3)nc3ccccc23)cc1. The second kappa shape index (κ2) is 8.87. The van der Waals surface area contributed by atoms with E-state index < -0.39 is 0 Å². The topological polar surface area (TPSA) is 25.8 Å². The first kappa shape index (κ1) is 22.2. The maximum atomic E-state index is 5.07. The van der Waals surface area contributed by atoms with E-state index >= 15 is 0 Å². The van der Waals surface area contributed by atoms with Crippen molar-refractivity contribution in [3.8, 4) is 33.8 Å². The van der Waals surface area contributed by atoms with Gasteiger partial charge >= 0.3 is 0 Å². The van der Waals surface area contributed by atoms with Crippen LogP contribution in [0, 0.1) is 0 Å². The Labute approximate surface area is 229 Å². The van der Waals surface area contributed by atoms with Gasteiger partial charge in [0.15, 0.2) is 5.82 Å². The first-order valence-corrected chi connectivity index (χ1v) is 13.9. The van der Waals surface area contributed by atoms with Crippen molar-refractivity contribution in [2.75, 3.05) is 0 Å². The second-order valence-corrected chi connectivity index (χ2v) is 11.0. The average molecular weight is 515 g/mol. The summed E-state index contributed by atoms with van der Waals surface area (Å²) in [5, 5.41) is 6.24. The van der Waals surface area contributed by atoms with E-state index in [1.165, 1.54) is 36.5 Å². The lowest BCUT2D eigenvalue weighted by molar-refractivity contribution is 1.23. The molecular formula is C36H22N2S. The molecular weight excluding hydrogens is 492 g/mol. The lowest BCUT2D eigenvalue weighted by atomic mass is 9.98. The molecule has 0 bridgehead atoms. The zero-order chi connectivity index (χ0) is 25.8. The van der Waals surface area contributed by atoms with Gasteiger partial charge in [-0.05, 0) is 58.3 Å². The van der Waals surface area contributed by atoms with E-state index in [9.17, 15) is 0 Å². The van der Waals surface area contributed by atoms with Gasteiger partial charge in [0.1, 0.15) is 0 Å². The lowest BCUT2D eigenvalue weighted by Gasteiger charge is -2.11. The zero-order valence-electron chi connectivity index (χ0n) is 21.0. The molecule has 0 amide bonds. The van der Waals surface area contributed by atoms with Gasteiger partial charge in [-0.15, -0.1) is 11.3 Å². The molecule has 0 unspecified atom stereocenters. The second-order valence-electron chi connectivity index (χ2n) is 9.87. The predicted octanol–water partition coefficient (Wildman–Crippen LogP) is 10.2. The molecule has 0 N–H and O–H groups in total. The summed E-state index contributed by atoms with van der Waals surface area (Å²) in [6.07, 6.45) is 0. The van der Waals surface area contributed by atoms with Crippen LogP contribution in [-0.2, 0) is 0 Å². The first-order chi connectivity index (χ1) is 19.3. The van der Waals surface area contributed by atoms with Crippen molar-refractivity contribution in [2.24, 2.45) is 0 Å². The van der Waals surface area contributed by atoms with E-state index in [4.69, 9.17) is 9.97 Å². The minimum atomic E-state index is 0.738. The Morgan fingerprint density at radius 1 is 0.410 bits per heavy atom. The average Bonchev–Trinajstić information content (AvgIpc) is 3.37. The highest BCUT2D eigenvalue weighted by Gasteiger charge is 2.12. The summed E-state index contributed by atoms with van der Waals surface area (Å²) in [7, 11) is 0. The van der Waals surface area contributed by atoms with Crippen LogP contribution in [-0.4, -0.2) is 9.97 Å². The third kappa shape index (κ3) is 3.79. The number of nitrogens with zero attached hydrogens (tertiary/aromatic N) is 2. The molecule has 8 aromatic rings. The maximum Gasteiger partial charge on any atom is 0.160 e. The van der Waals surface area contributed by atoms with Gasteiger partial charge in [0.25, 0.3) is 0 Å². The van der Waals surface area contributed by atoms with Crippen LogP contribution < -0.4 is 0 Å². The number of aromatic nitrogens is 2. The lowest BCUT2D eigenvalue weighted by Crippen LogP contribution is -1.95. The Morgan fingerprint density at radius 2 is 1.15 bits per heavy atom. The van der Waals surface area contributed by atoms with Crippen LogP contribution in [0.5, 0.6) is 0 Å². The smallest absolute Gasteiger partial charge is 0.160 e. The molecule has 0 radical (unpaired) electrons. The molecule has 0 saturated carbocycles. The Morgan fingerprint density at radius 3 is 2.08 bits per heavy atom. The van der Waals surface area contributed by atoms with Gasteiger partial charge in [-0.2, -0.15) is 0 Å². The molecule has 0 fully saturated rings. The normalized spacial score (nSPS) is 11.6. The number of rotatable bonds is 3. The molecule has 2 nitrogen and oxygen atoms in total. The van der Waals surface area contributed by atoms with E-state index in [1.807, 2.05) is 29.5 Å². The number of para-hydroxylation sites is 1. The Kier molecular flexibility index (Phi) is 5.04. The number of hydrogen-bond acceptors (Lipinski definition) is 3. The van der Waals surface area contributed by atoms with Crippen LogP contribution in [0.1, 0.15) is 0 Å². The molecule has 0 atom stereocenters. The Bertz CT molecular complexity index is 2180. The third-order valence-electron chi connectivity index (χ3n) is 7.44. The standard InChI is InChI=1S/C36H22N2S/c1-2-9-23(10-3-1)35-30-14-4-6-15-32(30)37-36(38-35)27-12-8-11-24(19-27)25-17-18-26-21-31-29-13-5-7-16-33(29)39-34(31)22-28(26)20-25/h1-22H. The third-order valence-corrected chi connectivity index (χ3v) is 8.57. The van der Waals surface area contributed by atoms with E-state index in [-0.39, 0.29) is 0 Å². The molecule has 0 aliphatic rings. The predicted molar refractivity (Wildman–Crippen MR) is 166 cm³/mol. The number of hydrogen-bond donors (Lipinski definition) is 0. The molecule has 3 heteroatoms. The van der Waals surface area contributed by atoms with Gasteiger partial charge in [-0.3, -0.25) is 0 Å². The van der Waals surface area contributed by atoms with E-state index in [1.54, 1.807) is 0 Å². The van der Waals surface area contributed by atoms with Crippen molar-refractivity contribution in [3.63, 3.8) is 0 Å². The van der Waals surface area contributed by atoms with Crippen LogP contribution >= 0.6 is 11.3 Å². The van der Waals surface area contributed by atoms with E-state index in [0.29, 0.717) is 0 Å². The minimum absolute atomic E-state index is 0.738. The number of thiophene rings is 1. The molecule has 6 aromatic carbocycles. The number of benzene rings is 6. The highest BCUT2D eigenvalue weighted by molar-refractivity contribution is 7.25. The maximum absolute atomic E-state index is 5.07. The van der Waals surface area contributed by atoms with Crippen molar-refractivity contribution < 1.29 is 0 Å². The van der Waals surface area contributed by atoms with Gasteiger partial charge in [-0.1, -0.05) is 97.1 Å². The first-order valence-electron chi connectivity index (χ1n) is 13.1. The van der Waals surface area contributed by atoms with Crippen LogP contribution in [0.15, 0.2) is 133 Å². The monoisotopic (exact) mass is 514 g/mol. The molecule has 182 valence electrons. The van der Waals surface area contributed by atoms with Crippen LogP contribution in [0.4, 0.5) is 0 Å². The largest absolute Gasteiger partial charge is 0.228 e. The summed E-state index contributed by atoms with van der Waals surface area (Å²) in [4.78, 5) is 10.0. The minimum Gasteiger partial charge on any atom is -0.228 e. The molecule has 2 aromatic heterocycles. The van der Waals surface area contributed by atoms with Crippen molar-refractivity contribution in [1.29, 1.82) is 0 Å². The highest BCUT2D eigenvalue weighted by Crippen LogP contribution is 2.38. The summed E-state index contributed by atoms with van der Waals surface area (Å²) in [5.41, 5.74) is 6.35. The fourth-order valence-electron chi connectivity index (χ4n) is 5.51. The molecule has 8 rings (SSSR count). The van der Waals surface area contributed by atoms with Crippen molar-refractivity contribution >= 4 is 53.2 Å². The van der Waals surface area contributed by atoms with Gasteiger partial charge in [0.05, 0.1) is 11.2 Å². The molecule has 0 spiro atoms. The molecule has 0 aliphatic heterocycles. The summed E-state index contributed by atoms with van der Waals surface area (Å²) in [6, 6.07) is 47.3. The van der Waals surface area contributed by atoms with Crippen molar-refractivity contribution in [1.82, 2.24) is 9.97 Å². The van der Waals surface area contributed by atoms with Gasteiger partial charge in [0, 0.05) is 36.7 Å². The summed E-state index contributed by atoms with van der Waals surface area (Å²) in [5.74, 6) is 0.738. The van der Waals surface area contributed by atoms with Gasteiger partial charge in [-0.25, -0.2) is 9.97 Å². The summed E-state index contributed by atoms with van der Waals surface area (Å²) >= 11 is 1.86. The van der Waals surface area contributed by atoms with Crippen molar-refractivity contribution in [3.05, 3.63) is 133 Å². The fourth-order valence-corrected chi connectivity index (χ4v) is 6.64. The highest BCUT2D eigenvalue weighted by atomic mass is 32.1. The Balaban J connectivity index is 1.25. The Hall–Kier alpha value is -4.86. The van der Waals surface area contributed by atoms with Crippen LogP contribution in [0.25, 0.3) is 75.6 Å². The fraction of sp³-hybridized carbons (Fsp3) is 0. The summed E-state index contributed by atoms with van der Waals surface area (Å²) in [6.45, 7) is 0. The quantitative estimate of drug-likeness (QED) is 0.234. The number of fused-ring (bicyclic) bond motifs is 5. The zero-order valence-corrected chi connectivity index (χ0v) is 21.8. The molecule has 39 heavy (non-hydrogen) atoms. The van der Waals surface area contributed by atoms with Gasteiger partial charge < -0.3 is 0 Å². The van der Waals surface area contributed by atoms with Gasteiger partial charge in [0.2, 0.25) is 0 Å². The van der Waals surface area contributed by atoms with Crippen LogP contribution in [0.2, 0.25) is 0 Å².